The van der Waals surface area contributed by atoms with Crippen LogP contribution in [0.2, 0.25) is 0 Å². The van der Waals surface area contributed by atoms with Crippen molar-refractivity contribution in [3.63, 3.8) is 0 Å². The molecule has 7 nitrogen and oxygen atoms in total. The highest BCUT2D eigenvalue weighted by atomic mass is 16.2. The first kappa shape index (κ1) is 19.6. The third-order valence-electron chi connectivity index (χ3n) is 4.64. The van der Waals surface area contributed by atoms with Crippen molar-refractivity contribution in [2.24, 2.45) is 0 Å². The molecule has 26 heavy (non-hydrogen) atoms. The maximum atomic E-state index is 13.1. The van der Waals surface area contributed by atoms with Gasteiger partial charge in [0.1, 0.15) is 12.3 Å². The van der Waals surface area contributed by atoms with E-state index in [1.54, 1.807) is 29.2 Å². The highest BCUT2D eigenvalue weighted by Gasteiger charge is 2.31. The van der Waals surface area contributed by atoms with Gasteiger partial charge in [0, 0.05) is 38.3 Å². The number of amides is 2. The lowest BCUT2D eigenvalue weighted by Gasteiger charge is -2.37. The van der Waals surface area contributed by atoms with E-state index in [0.717, 1.165) is 19.4 Å². The van der Waals surface area contributed by atoms with Crippen molar-refractivity contribution in [1.82, 2.24) is 9.80 Å². The number of hydrogen-bond acceptors (Lipinski definition) is 5. The van der Waals surface area contributed by atoms with Gasteiger partial charge in [-0.1, -0.05) is 0 Å². The van der Waals surface area contributed by atoms with Crippen LogP contribution >= 0.6 is 0 Å². The fourth-order valence-corrected chi connectivity index (χ4v) is 3.04. The van der Waals surface area contributed by atoms with E-state index >= 15 is 0 Å². The fraction of sp³-hybridized carbons (Fsp3) is 0.474. The molecule has 0 aromatic heterocycles. The van der Waals surface area contributed by atoms with Gasteiger partial charge in [-0.2, -0.15) is 5.26 Å². The Balaban J connectivity index is 2.22. The van der Waals surface area contributed by atoms with E-state index in [2.05, 4.69) is 4.90 Å². The molecule has 7 heteroatoms. The Morgan fingerprint density at radius 3 is 2.42 bits per heavy atom. The van der Waals surface area contributed by atoms with Crippen LogP contribution in [0.25, 0.3) is 0 Å². The summed E-state index contributed by atoms with van der Waals surface area (Å²) in [6, 6.07) is 7.95. The monoisotopic (exact) mass is 356 g/mol. The number of benzene rings is 1. The van der Waals surface area contributed by atoms with E-state index < -0.39 is 6.04 Å². The molecule has 1 saturated heterocycles. The summed E-state index contributed by atoms with van der Waals surface area (Å²) >= 11 is 0. The summed E-state index contributed by atoms with van der Waals surface area (Å²) in [7, 11) is 2.01. The van der Waals surface area contributed by atoms with Gasteiger partial charge in [0.05, 0.1) is 11.6 Å². The first-order valence-electron chi connectivity index (χ1n) is 8.75. The van der Waals surface area contributed by atoms with Crippen molar-refractivity contribution < 1.29 is 14.4 Å². The zero-order valence-corrected chi connectivity index (χ0v) is 15.0. The molecular formula is C19H24N4O3. The van der Waals surface area contributed by atoms with Gasteiger partial charge >= 0.3 is 0 Å². The van der Waals surface area contributed by atoms with Crippen LogP contribution in [0.15, 0.2) is 24.3 Å². The number of nitrogens with zero attached hydrogens (tertiary/aromatic N) is 4. The van der Waals surface area contributed by atoms with Gasteiger partial charge in [0.2, 0.25) is 12.3 Å². The number of rotatable bonds is 8. The first-order chi connectivity index (χ1) is 12.6. The Kier molecular flexibility index (Phi) is 7.30. The molecule has 1 aromatic rings. The molecule has 0 N–H and O–H groups in total. The molecule has 0 aliphatic carbocycles. The second-order valence-corrected chi connectivity index (χ2v) is 6.41. The maximum Gasteiger partial charge on any atom is 0.245 e. The van der Waals surface area contributed by atoms with Crippen LogP contribution in [0.3, 0.4) is 0 Å². The summed E-state index contributed by atoms with van der Waals surface area (Å²) < 4.78 is 0. The number of piperazine rings is 1. The van der Waals surface area contributed by atoms with Gasteiger partial charge in [-0.3, -0.25) is 9.59 Å². The molecule has 1 aliphatic heterocycles. The van der Waals surface area contributed by atoms with Gasteiger partial charge < -0.3 is 19.5 Å². The molecule has 0 bridgehead atoms. The zero-order valence-electron chi connectivity index (χ0n) is 15.0. The smallest absolute Gasteiger partial charge is 0.245 e. The molecular weight excluding hydrogens is 332 g/mol. The van der Waals surface area contributed by atoms with Crippen molar-refractivity contribution >= 4 is 24.3 Å². The molecule has 1 atom stereocenters. The first-order valence-corrected chi connectivity index (χ1v) is 8.75. The topological polar surface area (TPSA) is 84.7 Å². The Hall–Kier alpha value is -2.72. The average molecular weight is 356 g/mol. The van der Waals surface area contributed by atoms with Crippen LogP contribution in [0.4, 0.5) is 5.69 Å². The standard InChI is InChI=1S/C19H24N4O3/c1-21-9-11-22(12-10-21)19(26)18(4-2-3-13-24)23(15-25)17-7-5-16(14-20)6-8-17/h5-8,13,15,18H,2-4,9-12H2,1H3/t18-/m0/s1. The molecule has 0 unspecified atom stereocenters. The lowest BCUT2D eigenvalue weighted by molar-refractivity contribution is -0.135. The van der Waals surface area contributed by atoms with Crippen molar-refractivity contribution in [1.29, 1.82) is 5.26 Å². The molecule has 2 amide bonds. The predicted octanol–water partition coefficient (Wildman–Crippen LogP) is 1.03. The molecule has 1 aliphatic rings. The predicted molar refractivity (Wildman–Crippen MR) is 97.5 cm³/mol. The minimum Gasteiger partial charge on any atom is -0.338 e. The van der Waals surface area contributed by atoms with Crippen LogP contribution in [0.5, 0.6) is 0 Å². The largest absolute Gasteiger partial charge is 0.338 e. The highest BCUT2D eigenvalue weighted by molar-refractivity contribution is 5.92. The summed E-state index contributed by atoms with van der Waals surface area (Å²) in [4.78, 5) is 40.9. The van der Waals surface area contributed by atoms with Crippen LogP contribution in [-0.2, 0) is 14.4 Å². The third-order valence-corrected chi connectivity index (χ3v) is 4.64. The fourth-order valence-electron chi connectivity index (χ4n) is 3.04. The SMILES string of the molecule is CN1CCN(C(=O)[C@H](CCCC=O)N(C=O)c2ccc(C#N)cc2)CC1. The average Bonchev–Trinajstić information content (AvgIpc) is 2.68. The third kappa shape index (κ3) is 4.90. The summed E-state index contributed by atoms with van der Waals surface area (Å²) in [5, 5.41) is 8.93. The van der Waals surface area contributed by atoms with Gasteiger partial charge in [-0.05, 0) is 44.2 Å². The quantitative estimate of drug-likeness (QED) is 0.513. The molecule has 1 fully saturated rings. The molecule has 1 aromatic carbocycles. The summed E-state index contributed by atoms with van der Waals surface area (Å²) in [5.74, 6) is -0.0968. The second kappa shape index (κ2) is 9.68. The van der Waals surface area contributed by atoms with Crippen LogP contribution < -0.4 is 4.90 Å². The molecule has 2 rings (SSSR count). The molecule has 138 valence electrons. The van der Waals surface area contributed by atoms with E-state index in [4.69, 9.17) is 5.26 Å². The number of carbonyl (C=O) groups excluding carboxylic acids is 3. The summed E-state index contributed by atoms with van der Waals surface area (Å²) in [6.07, 6.45) is 2.79. The normalized spacial score (nSPS) is 15.8. The van der Waals surface area contributed by atoms with E-state index in [-0.39, 0.29) is 5.91 Å². The minimum atomic E-state index is -0.649. The number of anilines is 1. The maximum absolute atomic E-state index is 13.1. The van der Waals surface area contributed by atoms with Gasteiger partial charge in [0.15, 0.2) is 0 Å². The molecule has 0 saturated carbocycles. The number of nitriles is 1. The van der Waals surface area contributed by atoms with Crippen molar-refractivity contribution in [2.75, 3.05) is 38.1 Å². The molecule has 1 heterocycles. The van der Waals surface area contributed by atoms with Crippen LogP contribution in [0, 0.1) is 11.3 Å². The van der Waals surface area contributed by atoms with E-state index in [0.29, 0.717) is 50.0 Å². The van der Waals surface area contributed by atoms with Crippen molar-refractivity contribution in [2.45, 2.75) is 25.3 Å². The van der Waals surface area contributed by atoms with Gasteiger partial charge in [-0.25, -0.2) is 0 Å². The Bertz CT molecular complexity index is 660. The van der Waals surface area contributed by atoms with Crippen LogP contribution in [-0.4, -0.2) is 67.7 Å². The van der Waals surface area contributed by atoms with E-state index in [1.165, 1.54) is 4.90 Å². The van der Waals surface area contributed by atoms with Crippen LogP contribution in [0.1, 0.15) is 24.8 Å². The number of hydrogen-bond donors (Lipinski definition) is 0. The highest BCUT2D eigenvalue weighted by Crippen LogP contribution is 2.21. The number of likely N-dealkylation sites (N-methyl/N-ethyl adjacent to an activating group) is 1. The Morgan fingerprint density at radius 1 is 1.23 bits per heavy atom. The number of carbonyl (C=O) groups is 3. The lowest BCUT2D eigenvalue weighted by atomic mass is 10.0. The minimum absolute atomic E-state index is 0.0968. The second-order valence-electron chi connectivity index (χ2n) is 6.41. The summed E-state index contributed by atoms with van der Waals surface area (Å²) in [5.41, 5.74) is 1.06. The van der Waals surface area contributed by atoms with Gasteiger partial charge in [0.25, 0.3) is 0 Å². The van der Waals surface area contributed by atoms with E-state index in [1.807, 2.05) is 13.1 Å². The Labute approximate surface area is 153 Å². The molecule has 0 radical (unpaired) electrons. The molecule has 0 spiro atoms. The van der Waals surface area contributed by atoms with Crippen molar-refractivity contribution in [3.05, 3.63) is 29.8 Å². The number of aldehydes is 1. The van der Waals surface area contributed by atoms with Crippen molar-refractivity contribution in [3.8, 4) is 6.07 Å². The lowest BCUT2D eigenvalue weighted by Crippen LogP contribution is -2.54. The van der Waals surface area contributed by atoms with E-state index in [9.17, 15) is 14.4 Å². The zero-order chi connectivity index (χ0) is 18.9. The number of unbranched alkanes of at least 4 members (excludes halogenated alkanes) is 1. The Morgan fingerprint density at radius 2 is 1.88 bits per heavy atom. The van der Waals surface area contributed by atoms with Gasteiger partial charge in [-0.15, -0.1) is 0 Å². The summed E-state index contributed by atoms with van der Waals surface area (Å²) in [6.45, 7) is 2.84.